The molecule has 1 aliphatic heterocycles. The van der Waals surface area contributed by atoms with Crippen LogP contribution in [0.1, 0.15) is 28.8 Å². The Labute approximate surface area is 222 Å². The maximum atomic E-state index is 12.9. The number of fused-ring (bicyclic) bond motifs is 1. The van der Waals surface area contributed by atoms with Crippen molar-refractivity contribution in [3.63, 3.8) is 0 Å². The van der Waals surface area contributed by atoms with E-state index in [1.54, 1.807) is 0 Å². The van der Waals surface area contributed by atoms with Crippen molar-refractivity contribution in [3.05, 3.63) is 76.8 Å². The lowest BCUT2D eigenvalue weighted by molar-refractivity contribution is 0.102. The Bertz CT molecular complexity index is 1360. The van der Waals surface area contributed by atoms with Gasteiger partial charge in [-0.15, -0.1) is 12.4 Å². The predicted octanol–water partition coefficient (Wildman–Crippen LogP) is 6.66. The average Bonchev–Trinajstić information content (AvgIpc) is 3.28. The number of oxazole rings is 1. The number of piperidine rings is 1. The van der Waals surface area contributed by atoms with Crippen LogP contribution in [0.3, 0.4) is 0 Å². The van der Waals surface area contributed by atoms with Crippen molar-refractivity contribution >= 4 is 52.7 Å². The van der Waals surface area contributed by atoms with E-state index < -0.39 is 0 Å². The summed E-state index contributed by atoms with van der Waals surface area (Å²) in [6.45, 7) is 4.16. The fourth-order valence-corrected chi connectivity index (χ4v) is 4.89. The third kappa shape index (κ3) is 5.51. The molecule has 0 aliphatic carbocycles. The van der Waals surface area contributed by atoms with Gasteiger partial charge in [-0.1, -0.05) is 35.9 Å². The molecule has 5 rings (SSSR count). The van der Waals surface area contributed by atoms with Gasteiger partial charge in [0.1, 0.15) is 5.52 Å². The molecule has 0 radical (unpaired) electrons. The summed E-state index contributed by atoms with van der Waals surface area (Å²) in [6.07, 6.45) is 2.17. The summed E-state index contributed by atoms with van der Waals surface area (Å²) >= 11 is 6.39. The number of rotatable bonds is 5. The monoisotopic (exact) mass is 524 g/mol. The maximum Gasteiger partial charge on any atom is 0.298 e. The summed E-state index contributed by atoms with van der Waals surface area (Å²) in [5.41, 5.74) is 5.70. The minimum atomic E-state index is -0.182. The van der Waals surface area contributed by atoms with E-state index >= 15 is 0 Å². The third-order valence-electron chi connectivity index (χ3n) is 6.75. The lowest BCUT2D eigenvalue weighted by Gasteiger charge is -2.34. The van der Waals surface area contributed by atoms with Crippen LogP contribution in [-0.4, -0.2) is 49.0 Å². The zero-order valence-electron chi connectivity index (χ0n) is 20.6. The molecule has 1 amide bonds. The third-order valence-corrected chi connectivity index (χ3v) is 7.07. The van der Waals surface area contributed by atoms with Crippen molar-refractivity contribution in [2.45, 2.75) is 25.8 Å². The number of carbonyl (C=O) groups excluding carboxylic acids is 1. The second-order valence-corrected chi connectivity index (χ2v) is 9.75. The van der Waals surface area contributed by atoms with Crippen LogP contribution in [0.5, 0.6) is 0 Å². The number of nitrogens with zero attached hydrogens (tertiary/aromatic N) is 3. The summed E-state index contributed by atoms with van der Waals surface area (Å²) in [5.74, 6) is -0.182. The molecule has 8 heteroatoms. The van der Waals surface area contributed by atoms with E-state index in [0.29, 0.717) is 33.9 Å². The summed E-state index contributed by atoms with van der Waals surface area (Å²) in [5, 5.41) is 3.67. The minimum Gasteiger partial charge on any atom is -0.423 e. The Hall–Kier alpha value is -3.06. The van der Waals surface area contributed by atoms with Crippen LogP contribution in [0.2, 0.25) is 5.02 Å². The summed E-state index contributed by atoms with van der Waals surface area (Å²) in [4.78, 5) is 22.0. The van der Waals surface area contributed by atoms with Gasteiger partial charge < -0.3 is 19.5 Å². The van der Waals surface area contributed by atoms with Crippen LogP contribution in [0.4, 0.5) is 11.7 Å². The molecular weight excluding hydrogens is 495 g/mol. The molecule has 188 valence electrons. The van der Waals surface area contributed by atoms with E-state index in [1.165, 1.54) is 0 Å². The summed E-state index contributed by atoms with van der Waals surface area (Å²) in [7, 11) is 4.19. The zero-order valence-corrected chi connectivity index (χ0v) is 22.2. The molecule has 0 saturated carbocycles. The van der Waals surface area contributed by atoms with Crippen LogP contribution < -0.4 is 10.2 Å². The standard InChI is InChI=1S/C28H29ClN4O2.ClH/c1-18-4-10-23(24(29)16-18)19-5-7-20(8-6-19)27(34)30-21-9-11-26-25(17-21)31-28(35-26)33(3)22-12-14-32(2)15-13-22;/h4-11,16-17,22H,12-15H2,1-3H3,(H,30,34);1H. The van der Waals surface area contributed by atoms with Crippen molar-refractivity contribution in [2.24, 2.45) is 0 Å². The normalized spacial score (nSPS) is 14.4. The Morgan fingerprint density at radius 1 is 1.08 bits per heavy atom. The molecule has 1 fully saturated rings. The van der Waals surface area contributed by atoms with Gasteiger partial charge in [0.15, 0.2) is 5.58 Å². The molecule has 0 spiro atoms. The van der Waals surface area contributed by atoms with Gasteiger partial charge in [0, 0.05) is 34.9 Å². The quantitative estimate of drug-likeness (QED) is 0.316. The van der Waals surface area contributed by atoms with Gasteiger partial charge in [-0.2, -0.15) is 4.98 Å². The first-order valence-electron chi connectivity index (χ1n) is 11.9. The minimum absolute atomic E-state index is 0. The first-order chi connectivity index (χ1) is 16.9. The second kappa shape index (κ2) is 10.9. The summed E-state index contributed by atoms with van der Waals surface area (Å²) < 4.78 is 6.00. The number of halogens is 2. The Morgan fingerprint density at radius 2 is 1.81 bits per heavy atom. The lowest BCUT2D eigenvalue weighted by Crippen LogP contribution is -2.42. The molecule has 1 aliphatic rings. The number of nitrogens with one attached hydrogen (secondary N) is 1. The highest BCUT2D eigenvalue weighted by Gasteiger charge is 2.24. The van der Waals surface area contributed by atoms with E-state index in [0.717, 1.165) is 48.1 Å². The number of aryl methyl sites for hydroxylation is 1. The van der Waals surface area contributed by atoms with E-state index in [9.17, 15) is 4.79 Å². The van der Waals surface area contributed by atoms with Crippen LogP contribution >= 0.6 is 24.0 Å². The summed E-state index contributed by atoms with van der Waals surface area (Å²) in [6, 6.07) is 20.0. The average molecular weight is 525 g/mol. The molecule has 1 aromatic heterocycles. The number of benzene rings is 3. The first kappa shape index (κ1) is 26.0. The van der Waals surface area contributed by atoms with Gasteiger partial charge in [0.2, 0.25) is 0 Å². The largest absolute Gasteiger partial charge is 0.423 e. The first-order valence-corrected chi connectivity index (χ1v) is 12.2. The highest BCUT2D eigenvalue weighted by atomic mass is 35.5. The predicted molar refractivity (Wildman–Crippen MR) is 150 cm³/mol. The molecule has 2 heterocycles. The number of carbonyl (C=O) groups is 1. The SMILES string of the molecule is Cc1ccc(-c2ccc(C(=O)Nc3ccc4oc(N(C)C5CCN(C)CC5)nc4c3)cc2)c(Cl)c1.Cl. The molecular formula is C28H30Cl2N4O2. The van der Waals surface area contributed by atoms with Crippen LogP contribution in [-0.2, 0) is 0 Å². The van der Waals surface area contributed by atoms with Crippen molar-refractivity contribution < 1.29 is 9.21 Å². The van der Waals surface area contributed by atoms with Gasteiger partial charge in [-0.25, -0.2) is 0 Å². The molecule has 6 nitrogen and oxygen atoms in total. The van der Waals surface area contributed by atoms with Crippen molar-refractivity contribution in [2.75, 3.05) is 37.4 Å². The molecule has 0 bridgehead atoms. The van der Waals surface area contributed by atoms with Crippen molar-refractivity contribution in [1.29, 1.82) is 0 Å². The Balaban J connectivity index is 0.00000304. The number of hydrogen-bond donors (Lipinski definition) is 1. The Kier molecular flexibility index (Phi) is 7.88. The smallest absolute Gasteiger partial charge is 0.298 e. The number of amides is 1. The number of anilines is 2. The Morgan fingerprint density at radius 3 is 2.50 bits per heavy atom. The molecule has 4 aromatic rings. The second-order valence-electron chi connectivity index (χ2n) is 9.34. The van der Waals surface area contributed by atoms with E-state index in [1.807, 2.05) is 74.6 Å². The van der Waals surface area contributed by atoms with Gasteiger partial charge in [0.25, 0.3) is 11.9 Å². The van der Waals surface area contributed by atoms with Crippen molar-refractivity contribution in [3.8, 4) is 11.1 Å². The van der Waals surface area contributed by atoms with Gasteiger partial charge in [-0.3, -0.25) is 4.79 Å². The maximum absolute atomic E-state index is 12.9. The van der Waals surface area contributed by atoms with E-state index in [-0.39, 0.29) is 18.3 Å². The fraction of sp³-hybridized carbons (Fsp3) is 0.286. The fourth-order valence-electron chi connectivity index (χ4n) is 4.54. The van der Waals surface area contributed by atoms with Crippen LogP contribution in [0, 0.1) is 6.92 Å². The molecule has 0 unspecified atom stereocenters. The molecule has 1 N–H and O–H groups in total. The van der Waals surface area contributed by atoms with Crippen LogP contribution in [0.15, 0.2) is 65.1 Å². The van der Waals surface area contributed by atoms with Gasteiger partial charge >= 0.3 is 0 Å². The van der Waals surface area contributed by atoms with Gasteiger partial charge in [-0.05, 0) is 87.4 Å². The van der Waals surface area contributed by atoms with E-state index in [2.05, 4.69) is 27.1 Å². The van der Waals surface area contributed by atoms with E-state index in [4.69, 9.17) is 16.0 Å². The number of likely N-dealkylation sites (tertiary alicyclic amines) is 1. The highest BCUT2D eigenvalue weighted by Crippen LogP contribution is 2.30. The molecule has 1 saturated heterocycles. The topological polar surface area (TPSA) is 61.6 Å². The lowest BCUT2D eigenvalue weighted by atomic mass is 10.0. The molecule has 3 aromatic carbocycles. The number of hydrogen-bond acceptors (Lipinski definition) is 5. The van der Waals surface area contributed by atoms with Gasteiger partial charge in [0.05, 0.1) is 0 Å². The number of aromatic nitrogens is 1. The van der Waals surface area contributed by atoms with Crippen LogP contribution in [0.25, 0.3) is 22.2 Å². The molecule has 0 atom stereocenters. The highest BCUT2D eigenvalue weighted by molar-refractivity contribution is 6.33. The van der Waals surface area contributed by atoms with Crippen molar-refractivity contribution in [1.82, 2.24) is 9.88 Å². The molecule has 36 heavy (non-hydrogen) atoms. The zero-order chi connectivity index (χ0) is 24.5.